The van der Waals surface area contributed by atoms with Gasteiger partial charge in [0.15, 0.2) is 0 Å². The second-order valence-corrected chi connectivity index (χ2v) is 4.74. The highest BCUT2D eigenvalue weighted by Gasteiger charge is 2.24. The first-order valence-electron chi connectivity index (χ1n) is 6.86. The molecule has 1 aromatic carbocycles. The maximum absolute atomic E-state index is 12.3. The summed E-state index contributed by atoms with van der Waals surface area (Å²) < 4.78 is 11.1. The Kier molecular flexibility index (Phi) is 4.80. The number of carbonyl (C=O) groups is 1. The van der Waals surface area contributed by atoms with E-state index >= 15 is 0 Å². The lowest BCUT2D eigenvalue weighted by molar-refractivity contribution is 0.0710. The van der Waals surface area contributed by atoms with Crippen LogP contribution in [-0.4, -0.2) is 31.3 Å². The van der Waals surface area contributed by atoms with E-state index < -0.39 is 0 Å². The van der Waals surface area contributed by atoms with Crippen LogP contribution in [0.2, 0.25) is 0 Å². The van der Waals surface area contributed by atoms with E-state index in [1.165, 1.54) is 0 Å². The van der Waals surface area contributed by atoms with Crippen LogP contribution in [0.15, 0.2) is 24.3 Å². The predicted octanol–water partition coefficient (Wildman–Crippen LogP) is 2.38. The van der Waals surface area contributed by atoms with Gasteiger partial charge in [-0.1, -0.05) is 12.1 Å². The van der Waals surface area contributed by atoms with Gasteiger partial charge < -0.3 is 14.8 Å². The van der Waals surface area contributed by atoms with Crippen molar-refractivity contribution in [3.63, 3.8) is 0 Å². The number of rotatable bonds is 5. The first kappa shape index (κ1) is 13.9. The molecule has 1 aliphatic heterocycles. The van der Waals surface area contributed by atoms with Gasteiger partial charge in [-0.25, -0.2) is 0 Å². The molecule has 0 aromatic heterocycles. The zero-order chi connectivity index (χ0) is 13.7. The Morgan fingerprint density at radius 3 is 3.00 bits per heavy atom. The molecule has 2 atom stereocenters. The summed E-state index contributed by atoms with van der Waals surface area (Å²) in [6, 6.07) is 7.32. The first-order valence-corrected chi connectivity index (χ1v) is 6.86. The van der Waals surface area contributed by atoms with E-state index in [9.17, 15) is 4.79 Å². The van der Waals surface area contributed by atoms with Gasteiger partial charge in [0.25, 0.3) is 5.91 Å². The smallest absolute Gasteiger partial charge is 0.255 e. The molecular weight excluding hydrogens is 242 g/mol. The first-order chi connectivity index (χ1) is 9.22. The van der Waals surface area contributed by atoms with E-state index in [0.29, 0.717) is 17.9 Å². The summed E-state index contributed by atoms with van der Waals surface area (Å²) in [6.45, 7) is 5.23. The molecule has 4 nitrogen and oxygen atoms in total. The SMILES string of the molecule is CCOc1ccccc1C(=O)N[C@@H](C)[C@H]1CCCO1. The molecule has 19 heavy (non-hydrogen) atoms. The Hall–Kier alpha value is -1.55. The summed E-state index contributed by atoms with van der Waals surface area (Å²) in [6.07, 6.45) is 2.21. The van der Waals surface area contributed by atoms with Crippen LogP contribution in [0.5, 0.6) is 5.75 Å². The molecule has 0 bridgehead atoms. The fourth-order valence-corrected chi connectivity index (χ4v) is 2.31. The molecule has 1 aromatic rings. The lowest BCUT2D eigenvalue weighted by Gasteiger charge is -2.20. The van der Waals surface area contributed by atoms with Crippen molar-refractivity contribution in [2.75, 3.05) is 13.2 Å². The van der Waals surface area contributed by atoms with E-state index in [1.54, 1.807) is 6.07 Å². The zero-order valence-corrected chi connectivity index (χ0v) is 11.5. The van der Waals surface area contributed by atoms with E-state index in [0.717, 1.165) is 19.4 Å². The third kappa shape index (κ3) is 3.47. The van der Waals surface area contributed by atoms with E-state index in [1.807, 2.05) is 32.0 Å². The van der Waals surface area contributed by atoms with Crippen molar-refractivity contribution < 1.29 is 14.3 Å². The minimum atomic E-state index is -0.105. The lowest BCUT2D eigenvalue weighted by Crippen LogP contribution is -2.40. The topological polar surface area (TPSA) is 47.6 Å². The molecule has 1 N–H and O–H groups in total. The Labute approximate surface area is 114 Å². The molecule has 0 unspecified atom stereocenters. The van der Waals surface area contributed by atoms with Gasteiger partial charge in [0.05, 0.1) is 24.3 Å². The van der Waals surface area contributed by atoms with Crippen LogP contribution in [0.3, 0.4) is 0 Å². The van der Waals surface area contributed by atoms with Crippen molar-refractivity contribution in [3.05, 3.63) is 29.8 Å². The van der Waals surface area contributed by atoms with Gasteiger partial charge in [0, 0.05) is 6.61 Å². The monoisotopic (exact) mass is 263 g/mol. The third-order valence-electron chi connectivity index (χ3n) is 3.31. The molecule has 0 radical (unpaired) electrons. The second kappa shape index (κ2) is 6.57. The van der Waals surface area contributed by atoms with Crippen molar-refractivity contribution in [2.45, 2.75) is 38.8 Å². The number of benzene rings is 1. The van der Waals surface area contributed by atoms with Crippen molar-refractivity contribution in [1.29, 1.82) is 0 Å². The maximum Gasteiger partial charge on any atom is 0.255 e. The zero-order valence-electron chi connectivity index (χ0n) is 11.5. The molecule has 1 fully saturated rings. The number of amides is 1. The number of hydrogen-bond donors (Lipinski definition) is 1. The van der Waals surface area contributed by atoms with Gasteiger partial charge in [-0.15, -0.1) is 0 Å². The number of carbonyl (C=O) groups excluding carboxylic acids is 1. The van der Waals surface area contributed by atoms with Crippen LogP contribution in [-0.2, 0) is 4.74 Å². The third-order valence-corrected chi connectivity index (χ3v) is 3.31. The average molecular weight is 263 g/mol. The highest BCUT2D eigenvalue weighted by molar-refractivity contribution is 5.97. The Morgan fingerprint density at radius 1 is 1.53 bits per heavy atom. The highest BCUT2D eigenvalue weighted by Crippen LogP contribution is 2.19. The van der Waals surface area contributed by atoms with Gasteiger partial charge in [-0.2, -0.15) is 0 Å². The number of nitrogens with one attached hydrogen (secondary N) is 1. The standard InChI is InChI=1S/C15H21NO3/c1-3-18-14-8-5-4-7-12(14)15(17)16-11(2)13-9-6-10-19-13/h4-5,7-8,11,13H,3,6,9-10H2,1-2H3,(H,16,17)/t11-,13+/m0/s1. The molecule has 104 valence electrons. The molecule has 2 rings (SSSR count). The predicted molar refractivity (Wildman–Crippen MR) is 73.5 cm³/mol. The molecule has 1 saturated heterocycles. The number of para-hydroxylation sites is 1. The van der Waals surface area contributed by atoms with Gasteiger partial charge >= 0.3 is 0 Å². The average Bonchev–Trinajstić information content (AvgIpc) is 2.93. The highest BCUT2D eigenvalue weighted by atomic mass is 16.5. The quantitative estimate of drug-likeness (QED) is 0.887. The van der Waals surface area contributed by atoms with E-state index in [-0.39, 0.29) is 18.1 Å². The number of ether oxygens (including phenoxy) is 2. The van der Waals surface area contributed by atoms with Crippen LogP contribution in [0, 0.1) is 0 Å². The Morgan fingerprint density at radius 2 is 2.32 bits per heavy atom. The largest absolute Gasteiger partial charge is 0.493 e. The number of hydrogen-bond acceptors (Lipinski definition) is 3. The molecule has 1 heterocycles. The molecule has 0 saturated carbocycles. The van der Waals surface area contributed by atoms with Gasteiger partial charge in [-0.05, 0) is 38.8 Å². The Bertz CT molecular complexity index is 427. The van der Waals surface area contributed by atoms with Crippen molar-refractivity contribution in [2.24, 2.45) is 0 Å². The van der Waals surface area contributed by atoms with Gasteiger partial charge in [-0.3, -0.25) is 4.79 Å². The molecule has 1 aliphatic rings. The minimum Gasteiger partial charge on any atom is -0.493 e. The van der Waals surface area contributed by atoms with Crippen molar-refractivity contribution >= 4 is 5.91 Å². The molecule has 0 aliphatic carbocycles. The second-order valence-electron chi connectivity index (χ2n) is 4.74. The van der Waals surface area contributed by atoms with Crippen molar-refractivity contribution in [3.8, 4) is 5.75 Å². The van der Waals surface area contributed by atoms with Crippen LogP contribution < -0.4 is 10.1 Å². The molecule has 4 heteroatoms. The van der Waals surface area contributed by atoms with Gasteiger partial charge in [0.1, 0.15) is 5.75 Å². The fraction of sp³-hybridized carbons (Fsp3) is 0.533. The summed E-state index contributed by atoms with van der Waals surface area (Å²) in [7, 11) is 0. The van der Waals surface area contributed by atoms with Crippen LogP contribution in [0.4, 0.5) is 0 Å². The summed E-state index contributed by atoms with van der Waals surface area (Å²) in [4.78, 5) is 12.3. The van der Waals surface area contributed by atoms with Crippen LogP contribution in [0.25, 0.3) is 0 Å². The Balaban J connectivity index is 2.02. The van der Waals surface area contributed by atoms with Gasteiger partial charge in [0.2, 0.25) is 0 Å². The summed E-state index contributed by atoms with van der Waals surface area (Å²) in [5.74, 6) is 0.522. The normalized spacial score (nSPS) is 20.0. The summed E-state index contributed by atoms with van der Waals surface area (Å²) in [5.41, 5.74) is 0.578. The van der Waals surface area contributed by atoms with Crippen LogP contribution >= 0.6 is 0 Å². The van der Waals surface area contributed by atoms with Crippen LogP contribution in [0.1, 0.15) is 37.0 Å². The summed E-state index contributed by atoms with van der Waals surface area (Å²) >= 11 is 0. The summed E-state index contributed by atoms with van der Waals surface area (Å²) in [5, 5.41) is 2.99. The van der Waals surface area contributed by atoms with Crippen molar-refractivity contribution in [1.82, 2.24) is 5.32 Å². The molecular formula is C15H21NO3. The maximum atomic E-state index is 12.3. The minimum absolute atomic E-state index is 0.0182. The van der Waals surface area contributed by atoms with E-state index in [2.05, 4.69) is 5.32 Å². The molecule has 1 amide bonds. The lowest BCUT2D eigenvalue weighted by atomic mass is 10.1. The molecule has 0 spiro atoms. The fourth-order valence-electron chi connectivity index (χ4n) is 2.31. The van der Waals surface area contributed by atoms with E-state index in [4.69, 9.17) is 9.47 Å².